The largest absolute Gasteiger partial charge is 0.357 e. The maximum atomic E-state index is 11.5. The molecule has 2 rings (SSSR count). The summed E-state index contributed by atoms with van der Waals surface area (Å²) in [5.74, 6) is 0.129. The highest BCUT2D eigenvalue weighted by Crippen LogP contribution is 2.27. The first-order valence-electron chi connectivity index (χ1n) is 5.79. The number of nitrogens with one attached hydrogen (secondary N) is 2. The average Bonchev–Trinajstić information content (AvgIpc) is 2.70. The lowest BCUT2D eigenvalue weighted by atomic mass is 10.1. The molecule has 1 aromatic rings. The Labute approximate surface area is 95.2 Å². The lowest BCUT2D eigenvalue weighted by Crippen LogP contribution is -2.14. The van der Waals surface area contributed by atoms with Crippen LogP contribution in [0.5, 0.6) is 0 Å². The van der Waals surface area contributed by atoms with E-state index in [0.717, 1.165) is 24.3 Å². The molecule has 1 aromatic heterocycles. The molecule has 4 heteroatoms. The van der Waals surface area contributed by atoms with E-state index in [1.807, 2.05) is 6.20 Å². The minimum Gasteiger partial charge on any atom is -0.357 e. The van der Waals surface area contributed by atoms with Gasteiger partial charge in [-0.25, -0.2) is 0 Å². The fraction of sp³-hybridized carbons (Fsp3) is 0.500. The van der Waals surface area contributed by atoms with Crippen molar-refractivity contribution in [3.8, 4) is 0 Å². The van der Waals surface area contributed by atoms with Gasteiger partial charge in [-0.2, -0.15) is 0 Å². The van der Waals surface area contributed by atoms with Gasteiger partial charge in [0.05, 0.1) is 5.69 Å². The van der Waals surface area contributed by atoms with Crippen LogP contribution in [0.1, 0.15) is 42.2 Å². The van der Waals surface area contributed by atoms with E-state index in [2.05, 4.69) is 22.2 Å². The molecule has 0 amide bonds. The molecule has 86 valence electrons. The summed E-state index contributed by atoms with van der Waals surface area (Å²) in [6.45, 7) is 3.95. The van der Waals surface area contributed by atoms with Gasteiger partial charge in [-0.15, -0.1) is 0 Å². The molecule has 1 aliphatic rings. The number of aromatic amines is 1. The van der Waals surface area contributed by atoms with E-state index in [1.165, 1.54) is 12.8 Å². The highest BCUT2D eigenvalue weighted by molar-refractivity contribution is 6.09. The van der Waals surface area contributed by atoms with E-state index in [-0.39, 0.29) is 5.78 Å². The first-order chi connectivity index (χ1) is 7.83. The van der Waals surface area contributed by atoms with Gasteiger partial charge in [0.25, 0.3) is 0 Å². The number of Topliss-reactive ketones (excluding diaryl/α,β-unsaturated/α-hetero) is 1. The molecule has 0 atom stereocenters. The number of aliphatic imine (C=N–C) groups is 1. The highest BCUT2D eigenvalue weighted by atomic mass is 16.1. The van der Waals surface area contributed by atoms with Gasteiger partial charge in [0.1, 0.15) is 5.69 Å². The van der Waals surface area contributed by atoms with Crippen molar-refractivity contribution in [2.45, 2.75) is 32.7 Å². The third-order valence-electron chi connectivity index (χ3n) is 2.73. The number of carbonyl (C=O) groups excluding carboxylic acids is 1. The summed E-state index contributed by atoms with van der Waals surface area (Å²) in [7, 11) is 0. The standard InChI is InChI=1S/C12H17N3O/c1-2-3-5-13-7-9-8-15-12-10(16)4-6-14-11(9)12/h6,8,13,15H,2-5,7H2,1H3. The Balaban J connectivity index is 2.01. The molecule has 4 nitrogen and oxygen atoms in total. The summed E-state index contributed by atoms with van der Waals surface area (Å²) < 4.78 is 0. The minimum atomic E-state index is 0.129. The Morgan fingerprint density at radius 2 is 2.44 bits per heavy atom. The number of aromatic nitrogens is 1. The number of fused-ring (bicyclic) bond motifs is 1. The van der Waals surface area contributed by atoms with Crippen LogP contribution in [-0.4, -0.2) is 23.5 Å². The third-order valence-corrected chi connectivity index (χ3v) is 2.73. The predicted octanol–water partition coefficient (Wildman–Crippen LogP) is 2.19. The monoisotopic (exact) mass is 219 g/mol. The van der Waals surface area contributed by atoms with Crippen LogP contribution < -0.4 is 5.32 Å². The second kappa shape index (κ2) is 5.07. The van der Waals surface area contributed by atoms with Gasteiger partial charge < -0.3 is 10.3 Å². The molecule has 0 unspecified atom stereocenters. The summed E-state index contributed by atoms with van der Waals surface area (Å²) >= 11 is 0. The van der Waals surface area contributed by atoms with Gasteiger partial charge >= 0.3 is 0 Å². The van der Waals surface area contributed by atoms with E-state index < -0.39 is 0 Å². The van der Waals surface area contributed by atoms with E-state index in [4.69, 9.17) is 0 Å². The van der Waals surface area contributed by atoms with Crippen molar-refractivity contribution in [3.05, 3.63) is 17.5 Å². The molecule has 0 saturated heterocycles. The molecule has 1 aliphatic heterocycles. The zero-order valence-electron chi connectivity index (χ0n) is 9.55. The number of nitrogens with zero attached hydrogens (tertiary/aromatic N) is 1. The predicted molar refractivity (Wildman–Crippen MR) is 64.5 cm³/mol. The lowest BCUT2D eigenvalue weighted by molar-refractivity contribution is 0.0997. The summed E-state index contributed by atoms with van der Waals surface area (Å²) in [6, 6.07) is 0. The van der Waals surface area contributed by atoms with Gasteiger partial charge in [0, 0.05) is 30.9 Å². The summed E-state index contributed by atoms with van der Waals surface area (Å²) in [6.07, 6.45) is 6.35. The van der Waals surface area contributed by atoms with Crippen molar-refractivity contribution in [1.29, 1.82) is 0 Å². The van der Waals surface area contributed by atoms with Crippen LogP contribution in [-0.2, 0) is 6.54 Å². The maximum absolute atomic E-state index is 11.5. The second-order valence-corrected chi connectivity index (χ2v) is 4.01. The zero-order valence-corrected chi connectivity index (χ0v) is 9.55. The topological polar surface area (TPSA) is 57.2 Å². The van der Waals surface area contributed by atoms with E-state index in [0.29, 0.717) is 12.1 Å². The van der Waals surface area contributed by atoms with Crippen LogP contribution in [0.4, 0.5) is 5.69 Å². The summed E-state index contributed by atoms with van der Waals surface area (Å²) in [5.41, 5.74) is 2.56. The molecule has 0 fully saturated rings. The number of rotatable bonds is 5. The SMILES string of the molecule is CCCCNCc1c[nH]c2c1N=CCC2=O. The van der Waals surface area contributed by atoms with Gasteiger partial charge in [0.2, 0.25) is 0 Å². The number of ketones is 1. The minimum absolute atomic E-state index is 0.129. The van der Waals surface area contributed by atoms with E-state index in [9.17, 15) is 4.79 Å². The lowest BCUT2D eigenvalue weighted by Gasteiger charge is -2.06. The van der Waals surface area contributed by atoms with Crippen LogP contribution in [0, 0.1) is 0 Å². The van der Waals surface area contributed by atoms with Crippen molar-refractivity contribution in [2.75, 3.05) is 6.54 Å². The first kappa shape index (κ1) is 11.1. The normalized spacial score (nSPS) is 14.2. The molecular weight excluding hydrogens is 202 g/mol. The summed E-state index contributed by atoms with van der Waals surface area (Å²) in [4.78, 5) is 18.8. The Bertz CT molecular complexity index is 406. The maximum Gasteiger partial charge on any atom is 0.186 e. The van der Waals surface area contributed by atoms with Crippen LogP contribution in [0.3, 0.4) is 0 Å². The van der Waals surface area contributed by atoms with Crippen molar-refractivity contribution in [3.63, 3.8) is 0 Å². The Hall–Kier alpha value is -1.42. The zero-order chi connectivity index (χ0) is 11.4. The molecule has 2 N–H and O–H groups in total. The first-order valence-corrected chi connectivity index (χ1v) is 5.79. The molecule has 0 saturated carbocycles. The van der Waals surface area contributed by atoms with Gasteiger partial charge in [-0.3, -0.25) is 9.79 Å². The molecular formula is C12H17N3O. The second-order valence-electron chi connectivity index (χ2n) is 4.01. The molecule has 0 spiro atoms. The van der Waals surface area contributed by atoms with Crippen molar-refractivity contribution in [1.82, 2.24) is 10.3 Å². The molecule has 0 aliphatic carbocycles. The highest BCUT2D eigenvalue weighted by Gasteiger charge is 2.18. The van der Waals surface area contributed by atoms with Gasteiger partial charge in [-0.05, 0) is 13.0 Å². The average molecular weight is 219 g/mol. The Morgan fingerprint density at radius 1 is 1.56 bits per heavy atom. The molecule has 16 heavy (non-hydrogen) atoms. The number of carbonyl (C=O) groups is 1. The van der Waals surface area contributed by atoms with Crippen molar-refractivity contribution < 1.29 is 4.79 Å². The fourth-order valence-electron chi connectivity index (χ4n) is 1.80. The van der Waals surface area contributed by atoms with Crippen LogP contribution in [0.2, 0.25) is 0 Å². The van der Waals surface area contributed by atoms with E-state index >= 15 is 0 Å². The number of H-pyrrole nitrogens is 1. The quantitative estimate of drug-likeness (QED) is 0.746. The van der Waals surface area contributed by atoms with Crippen LogP contribution in [0.25, 0.3) is 0 Å². The van der Waals surface area contributed by atoms with Crippen molar-refractivity contribution >= 4 is 17.7 Å². The van der Waals surface area contributed by atoms with E-state index in [1.54, 1.807) is 6.21 Å². The molecule has 2 heterocycles. The molecule has 0 bridgehead atoms. The van der Waals surface area contributed by atoms with Gasteiger partial charge in [0.15, 0.2) is 5.78 Å². The number of unbranched alkanes of at least 4 members (excludes halogenated alkanes) is 1. The Morgan fingerprint density at radius 3 is 3.25 bits per heavy atom. The van der Waals surface area contributed by atoms with Crippen molar-refractivity contribution in [2.24, 2.45) is 4.99 Å². The van der Waals surface area contributed by atoms with Gasteiger partial charge in [-0.1, -0.05) is 13.3 Å². The fourth-order valence-corrected chi connectivity index (χ4v) is 1.80. The smallest absolute Gasteiger partial charge is 0.186 e. The Kier molecular flexibility index (Phi) is 3.51. The third kappa shape index (κ3) is 2.22. The summed E-state index contributed by atoms with van der Waals surface area (Å²) in [5, 5.41) is 3.35. The number of hydrogen-bond donors (Lipinski definition) is 2. The number of hydrogen-bond acceptors (Lipinski definition) is 3. The van der Waals surface area contributed by atoms with Crippen LogP contribution in [0.15, 0.2) is 11.2 Å². The molecule has 0 aromatic carbocycles. The van der Waals surface area contributed by atoms with Crippen LogP contribution >= 0.6 is 0 Å². The molecule has 0 radical (unpaired) electrons.